The lowest BCUT2D eigenvalue weighted by molar-refractivity contribution is -0.384. The van der Waals surface area contributed by atoms with Crippen LogP contribution in [0.4, 0.5) is 11.4 Å². The van der Waals surface area contributed by atoms with E-state index in [0.29, 0.717) is 11.3 Å². The molecule has 0 bridgehead atoms. The molecule has 0 aliphatic carbocycles. The zero-order chi connectivity index (χ0) is 24.1. The van der Waals surface area contributed by atoms with Crippen LogP contribution >= 0.6 is 0 Å². The minimum Gasteiger partial charge on any atom is -0.486 e. The summed E-state index contributed by atoms with van der Waals surface area (Å²) in [5.41, 5.74) is 5.92. The molecule has 0 saturated heterocycles. The maximum absolute atomic E-state index is 12.9. The van der Waals surface area contributed by atoms with Crippen LogP contribution in [0.5, 0.6) is 5.75 Å². The number of hydrogen-bond acceptors (Lipinski definition) is 4. The molecule has 0 aromatic heterocycles. The molecule has 34 heavy (non-hydrogen) atoms. The summed E-state index contributed by atoms with van der Waals surface area (Å²) >= 11 is 0. The summed E-state index contributed by atoms with van der Waals surface area (Å²) in [5, 5.41) is 14.1. The van der Waals surface area contributed by atoms with E-state index in [-0.39, 0.29) is 24.0 Å². The Balaban J connectivity index is 1.55. The van der Waals surface area contributed by atoms with E-state index in [9.17, 15) is 14.9 Å². The number of amides is 1. The fourth-order valence-corrected chi connectivity index (χ4v) is 3.60. The van der Waals surface area contributed by atoms with E-state index in [1.54, 1.807) is 12.1 Å². The number of nitro groups is 1. The largest absolute Gasteiger partial charge is 0.486 e. The molecule has 0 aliphatic rings. The Labute approximate surface area is 198 Å². The predicted octanol–water partition coefficient (Wildman–Crippen LogP) is 6.71. The van der Waals surface area contributed by atoms with Crippen LogP contribution in [-0.4, -0.2) is 10.8 Å². The van der Waals surface area contributed by atoms with E-state index in [4.69, 9.17) is 4.74 Å². The van der Waals surface area contributed by atoms with Crippen LogP contribution in [0.3, 0.4) is 0 Å². The highest BCUT2D eigenvalue weighted by atomic mass is 16.6. The van der Waals surface area contributed by atoms with Crippen LogP contribution in [0, 0.1) is 24.0 Å². The average molecular weight is 453 g/mol. The second-order valence-electron chi connectivity index (χ2n) is 8.05. The molecule has 170 valence electrons. The first-order valence-corrected chi connectivity index (χ1v) is 10.8. The SMILES string of the molecule is Cc1ccc(C)c(COc2cc([N+](=O)[O-])ccc2NC(=O)c2ccc(-c3ccccc3)cc2)c1. The molecular weight excluding hydrogens is 428 g/mol. The molecular formula is C28H24N2O4. The molecule has 1 amide bonds. The van der Waals surface area contributed by atoms with Crippen LogP contribution in [0.25, 0.3) is 11.1 Å². The summed E-state index contributed by atoms with van der Waals surface area (Å²) in [6, 6.07) is 27.4. The van der Waals surface area contributed by atoms with Gasteiger partial charge in [-0.05, 0) is 54.3 Å². The number of aryl methyl sites for hydroxylation is 2. The van der Waals surface area contributed by atoms with E-state index >= 15 is 0 Å². The Bertz CT molecular complexity index is 1330. The van der Waals surface area contributed by atoms with Gasteiger partial charge in [0.1, 0.15) is 12.4 Å². The van der Waals surface area contributed by atoms with Gasteiger partial charge in [-0.2, -0.15) is 0 Å². The molecule has 0 aliphatic heterocycles. The fourth-order valence-electron chi connectivity index (χ4n) is 3.60. The number of ether oxygens (including phenoxy) is 1. The normalized spacial score (nSPS) is 10.5. The van der Waals surface area contributed by atoms with E-state index in [1.165, 1.54) is 18.2 Å². The van der Waals surface area contributed by atoms with Crippen molar-refractivity contribution < 1.29 is 14.5 Å². The Morgan fingerprint density at radius 3 is 2.29 bits per heavy atom. The third-order valence-corrected chi connectivity index (χ3v) is 5.57. The van der Waals surface area contributed by atoms with E-state index in [1.807, 2.05) is 74.5 Å². The topological polar surface area (TPSA) is 81.5 Å². The lowest BCUT2D eigenvalue weighted by Crippen LogP contribution is -2.13. The molecule has 4 rings (SSSR count). The summed E-state index contributed by atoms with van der Waals surface area (Å²) in [7, 11) is 0. The summed E-state index contributed by atoms with van der Waals surface area (Å²) < 4.78 is 5.94. The minimum atomic E-state index is -0.487. The van der Waals surface area contributed by atoms with Crippen molar-refractivity contribution in [2.45, 2.75) is 20.5 Å². The third kappa shape index (κ3) is 5.30. The quantitative estimate of drug-likeness (QED) is 0.250. The predicted molar refractivity (Wildman–Crippen MR) is 133 cm³/mol. The molecule has 0 spiro atoms. The molecule has 6 heteroatoms. The lowest BCUT2D eigenvalue weighted by Gasteiger charge is -2.14. The van der Waals surface area contributed by atoms with Gasteiger partial charge in [-0.3, -0.25) is 14.9 Å². The number of non-ortho nitro benzene ring substituents is 1. The van der Waals surface area contributed by atoms with Gasteiger partial charge in [-0.1, -0.05) is 66.2 Å². The Morgan fingerprint density at radius 1 is 0.882 bits per heavy atom. The maximum Gasteiger partial charge on any atom is 0.273 e. The molecule has 4 aromatic rings. The van der Waals surface area contributed by atoms with Gasteiger partial charge in [0.2, 0.25) is 0 Å². The molecule has 0 heterocycles. The van der Waals surface area contributed by atoms with Gasteiger partial charge >= 0.3 is 0 Å². The van der Waals surface area contributed by atoms with Crippen LogP contribution < -0.4 is 10.1 Å². The van der Waals surface area contributed by atoms with E-state index < -0.39 is 4.92 Å². The summed E-state index contributed by atoms with van der Waals surface area (Å²) in [6.07, 6.45) is 0. The van der Waals surface area contributed by atoms with Crippen LogP contribution in [0.1, 0.15) is 27.0 Å². The second-order valence-corrected chi connectivity index (χ2v) is 8.05. The number of benzene rings is 4. The molecule has 0 saturated carbocycles. The van der Waals surface area contributed by atoms with Crippen molar-refractivity contribution in [3.05, 3.63) is 123 Å². The zero-order valence-corrected chi connectivity index (χ0v) is 18.9. The van der Waals surface area contributed by atoms with Crippen LogP contribution in [0.2, 0.25) is 0 Å². The van der Waals surface area contributed by atoms with Crippen LogP contribution in [-0.2, 0) is 6.61 Å². The Morgan fingerprint density at radius 2 is 1.59 bits per heavy atom. The molecule has 6 nitrogen and oxygen atoms in total. The first-order valence-electron chi connectivity index (χ1n) is 10.8. The lowest BCUT2D eigenvalue weighted by atomic mass is 10.0. The number of carbonyl (C=O) groups is 1. The van der Waals surface area contributed by atoms with Gasteiger partial charge < -0.3 is 10.1 Å². The zero-order valence-electron chi connectivity index (χ0n) is 18.9. The second kappa shape index (κ2) is 10.0. The molecule has 0 radical (unpaired) electrons. The number of nitrogens with zero attached hydrogens (tertiary/aromatic N) is 1. The summed E-state index contributed by atoms with van der Waals surface area (Å²) in [6.45, 7) is 4.20. The molecule has 0 atom stereocenters. The first kappa shape index (κ1) is 22.7. The van der Waals surface area contributed by atoms with Gasteiger partial charge in [-0.25, -0.2) is 0 Å². The van der Waals surface area contributed by atoms with Crippen molar-refractivity contribution in [1.29, 1.82) is 0 Å². The third-order valence-electron chi connectivity index (χ3n) is 5.57. The maximum atomic E-state index is 12.9. The fraction of sp³-hybridized carbons (Fsp3) is 0.107. The Kier molecular flexibility index (Phi) is 6.69. The van der Waals surface area contributed by atoms with E-state index in [2.05, 4.69) is 5.32 Å². The number of anilines is 1. The van der Waals surface area contributed by atoms with Crippen molar-refractivity contribution >= 4 is 17.3 Å². The molecule has 0 fully saturated rings. The highest BCUT2D eigenvalue weighted by Crippen LogP contribution is 2.31. The number of hydrogen-bond donors (Lipinski definition) is 1. The minimum absolute atomic E-state index is 0.110. The van der Waals surface area contributed by atoms with Gasteiger partial charge in [-0.15, -0.1) is 0 Å². The monoisotopic (exact) mass is 452 g/mol. The van der Waals surface area contributed by atoms with Gasteiger partial charge in [0, 0.05) is 11.6 Å². The van der Waals surface area contributed by atoms with Crippen molar-refractivity contribution in [1.82, 2.24) is 0 Å². The first-order chi connectivity index (χ1) is 16.4. The number of carbonyl (C=O) groups excluding carboxylic acids is 1. The number of nitro benzene ring substituents is 1. The van der Waals surface area contributed by atoms with Gasteiger partial charge in [0.05, 0.1) is 16.7 Å². The average Bonchev–Trinajstić information content (AvgIpc) is 2.85. The van der Waals surface area contributed by atoms with Crippen molar-refractivity contribution in [3.8, 4) is 16.9 Å². The summed E-state index contributed by atoms with van der Waals surface area (Å²) in [5.74, 6) is -0.0885. The van der Waals surface area contributed by atoms with Gasteiger partial charge in [0.25, 0.3) is 11.6 Å². The smallest absolute Gasteiger partial charge is 0.273 e. The highest BCUT2D eigenvalue weighted by Gasteiger charge is 2.16. The molecule has 0 unspecified atom stereocenters. The summed E-state index contributed by atoms with van der Waals surface area (Å²) in [4.78, 5) is 23.7. The Hall–Kier alpha value is -4.45. The molecule has 4 aromatic carbocycles. The van der Waals surface area contributed by atoms with Crippen molar-refractivity contribution in [3.63, 3.8) is 0 Å². The number of nitrogens with one attached hydrogen (secondary N) is 1. The number of rotatable bonds is 7. The van der Waals surface area contributed by atoms with Crippen molar-refractivity contribution in [2.24, 2.45) is 0 Å². The van der Waals surface area contributed by atoms with Crippen LogP contribution in [0.15, 0.2) is 91.0 Å². The van der Waals surface area contributed by atoms with Crippen molar-refractivity contribution in [2.75, 3.05) is 5.32 Å². The standard InChI is InChI=1S/C28H24N2O4/c1-19-8-9-20(2)24(16-19)18-34-27-17-25(30(32)33)14-15-26(27)29-28(31)23-12-10-22(11-13-23)21-6-4-3-5-7-21/h3-17H,18H2,1-2H3,(H,29,31). The van der Waals surface area contributed by atoms with Gasteiger partial charge in [0.15, 0.2) is 0 Å². The van der Waals surface area contributed by atoms with E-state index in [0.717, 1.165) is 27.8 Å². The highest BCUT2D eigenvalue weighted by molar-refractivity contribution is 6.05. The molecule has 1 N–H and O–H groups in total.